The maximum Gasteiger partial charge on any atom is 0.0797 e. The summed E-state index contributed by atoms with van der Waals surface area (Å²) in [6.07, 6.45) is 7.65. The molecule has 0 aliphatic carbocycles. The van der Waals surface area contributed by atoms with Gasteiger partial charge < -0.3 is 0 Å². The van der Waals surface area contributed by atoms with E-state index in [1.54, 1.807) is 22.7 Å². The van der Waals surface area contributed by atoms with Crippen LogP contribution in [0.1, 0.15) is 0 Å². The highest BCUT2D eigenvalue weighted by molar-refractivity contribution is 7.13. The highest BCUT2D eigenvalue weighted by Gasteiger charge is 2.20. The lowest BCUT2D eigenvalue weighted by atomic mass is 9.86. The summed E-state index contributed by atoms with van der Waals surface area (Å²) < 4.78 is 0. The van der Waals surface area contributed by atoms with E-state index in [1.807, 2.05) is 35.8 Å². The van der Waals surface area contributed by atoms with Gasteiger partial charge in [0, 0.05) is 35.9 Å². The quantitative estimate of drug-likeness (QED) is 0.168. The zero-order chi connectivity index (χ0) is 31.9. The molecule has 4 nitrogen and oxygen atoms in total. The predicted molar refractivity (Wildman–Crippen MR) is 201 cm³/mol. The van der Waals surface area contributed by atoms with Gasteiger partial charge in [0.05, 0.1) is 32.2 Å². The molecule has 0 saturated heterocycles. The fourth-order valence-corrected chi connectivity index (χ4v) is 7.90. The first kappa shape index (κ1) is 28.4. The summed E-state index contributed by atoms with van der Waals surface area (Å²) in [6.45, 7) is 0. The molecule has 0 atom stereocenters. The van der Waals surface area contributed by atoms with Gasteiger partial charge in [0.1, 0.15) is 0 Å². The average molecular weight is 651 g/mol. The smallest absolute Gasteiger partial charge is 0.0797 e. The number of pyridine rings is 2. The van der Waals surface area contributed by atoms with Gasteiger partial charge in [-0.3, -0.25) is 19.9 Å². The molecule has 6 heteroatoms. The molecule has 0 amide bonds. The van der Waals surface area contributed by atoms with E-state index in [9.17, 15) is 0 Å². The van der Waals surface area contributed by atoms with Crippen LogP contribution in [0.2, 0.25) is 0 Å². The van der Waals surface area contributed by atoms with Crippen LogP contribution >= 0.6 is 22.7 Å². The van der Waals surface area contributed by atoms with Gasteiger partial charge in [-0.1, -0.05) is 91.0 Å². The Labute approximate surface area is 285 Å². The zero-order valence-electron chi connectivity index (χ0n) is 25.6. The molecule has 0 fully saturated rings. The molecule has 4 aromatic heterocycles. The van der Waals surface area contributed by atoms with Crippen molar-refractivity contribution < 1.29 is 0 Å². The molecule has 0 saturated carbocycles. The van der Waals surface area contributed by atoms with Gasteiger partial charge in [-0.25, -0.2) is 0 Å². The van der Waals surface area contributed by atoms with Gasteiger partial charge in [0.2, 0.25) is 0 Å². The molecule has 48 heavy (non-hydrogen) atoms. The van der Waals surface area contributed by atoms with E-state index in [1.165, 1.54) is 16.7 Å². The number of thiazole rings is 2. The minimum atomic E-state index is 0.925. The Morgan fingerprint density at radius 2 is 0.917 bits per heavy atom. The summed E-state index contributed by atoms with van der Waals surface area (Å²) in [5.41, 5.74) is 14.7. The molecule has 0 aliphatic rings. The Morgan fingerprint density at radius 1 is 0.396 bits per heavy atom. The minimum Gasteiger partial charge on any atom is -0.256 e. The first-order chi connectivity index (χ1) is 23.8. The average Bonchev–Trinajstić information content (AvgIpc) is 3.90. The van der Waals surface area contributed by atoms with Crippen molar-refractivity contribution in [2.75, 3.05) is 0 Å². The Hall–Kier alpha value is -5.82. The number of rotatable bonds is 6. The van der Waals surface area contributed by atoms with Crippen LogP contribution in [0, 0.1) is 0 Å². The second-order valence-electron chi connectivity index (χ2n) is 11.6. The fraction of sp³-hybridized carbons (Fsp3) is 0. The molecular formula is C42H26N4S2. The monoisotopic (exact) mass is 650 g/mol. The standard InChI is InChI=1S/C42H26N4S2/c1-2-8-27(9-3-1)31-10-4-5-11-32(31)28-14-15-35-36(20-28)42(38-22-30(17-19-46-38)40-24-44-26-48-40)34-13-7-6-12-33(34)41(35)37-21-29(16-18-45-37)39-23-43-25-47-39/h1-26H. The van der Waals surface area contributed by atoms with Crippen LogP contribution in [0.25, 0.3) is 87.2 Å². The molecule has 9 rings (SSSR count). The molecule has 0 spiro atoms. The summed E-state index contributed by atoms with van der Waals surface area (Å²) in [6, 6.07) is 43.3. The van der Waals surface area contributed by atoms with Crippen molar-refractivity contribution in [3.05, 3.63) is 157 Å². The van der Waals surface area contributed by atoms with Gasteiger partial charge in [0.15, 0.2) is 0 Å². The Balaban J connectivity index is 1.36. The third kappa shape index (κ3) is 4.99. The van der Waals surface area contributed by atoms with Crippen molar-refractivity contribution >= 4 is 44.2 Å². The van der Waals surface area contributed by atoms with Crippen LogP contribution in [-0.2, 0) is 0 Å². The molecule has 4 heterocycles. The van der Waals surface area contributed by atoms with Crippen molar-refractivity contribution in [2.45, 2.75) is 0 Å². The van der Waals surface area contributed by atoms with E-state index >= 15 is 0 Å². The van der Waals surface area contributed by atoms with E-state index in [0.717, 1.165) is 70.5 Å². The van der Waals surface area contributed by atoms with Gasteiger partial charge in [-0.15, -0.1) is 22.7 Å². The molecule has 0 N–H and O–H groups in total. The van der Waals surface area contributed by atoms with Crippen molar-refractivity contribution in [3.8, 4) is 65.6 Å². The van der Waals surface area contributed by atoms with Gasteiger partial charge >= 0.3 is 0 Å². The fourth-order valence-electron chi connectivity index (χ4n) is 6.66. The Kier molecular flexibility index (Phi) is 7.15. The minimum absolute atomic E-state index is 0.925. The first-order valence-corrected chi connectivity index (χ1v) is 17.4. The third-order valence-corrected chi connectivity index (χ3v) is 10.5. The molecule has 9 aromatic rings. The van der Waals surface area contributed by atoms with E-state index in [0.29, 0.717) is 0 Å². The number of nitrogens with zero attached hydrogens (tertiary/aromatic N) is 4. The van der Waals surface area contributed by atoms with Crippen molar-refractivity contribution in [1.82, 2.24) is 19.9 Å². The lowest BCUT2D eigenvalue weighted by Crippen LogP contribution is -1.95. The highest BCUT2D eigenvalue weighted by Crippen LogP contribution is 2.45. The van der Waals surface area contributed by atoms with Gasteiger partial charge in [-0.05, 0) is 85.3 Å². The molecule has 0 radical (unpaired) electrons. The third-order valence-electron chi connectivity index (χ3n) is 8.81. The highest BCUT2D eigenvalue weighted by atomic mass is 32.1. The first-order valence-electron chi connectivity index (χ1n) is 15.7. The molecule has 0 aliphatic heterocycles. The van der Waals surface area contributed by atoms with Crippen LogP contribution in [0.4, 0.5) is 0 Å². The van der Waals surface area contributed by atoms with Crippen LogP contribution in [-0.4, -0.2) is 19.9 Å². The van der Waals surface area contributed by atoms with Crippen molar-refractivity contribution in [3.63, 3.8) is 0 Å². The SMILES string of the molecule is c1ccc(-c2ccccc2-c2ccc3c(-c4cc(-c5cncs5)ccn4)c4ccccc4c(-c4cc(-c5cncs5)ccn4)c3c2)cc1. The number of hydrogen-bond donors (Lipinski definition) is 0. The summed E-state index contributed by atoms with van der Waals surface area (Å²) in [5, 5.41) is 4.52. The van der Waals surface area contributed by atoms with E-state index in [-0.39, 0.29) is 0 Å². The zero-order valence-corrected chi connectivity index (χ0v) is 27.2. The number of benzene rings is 5. The second kappa shape index (κ2) is 12.1. The number of aromatic nitrogens is 4. The summed E-state index contributed by atoms with van der Waals surface area (Å²) in [4.78, 5) is 20.9. The molecule has 0 bridgehead atoms. The summed E-state index contributed by atoms with van der Waals surface area (Å²) in [5.74, 6) is 0. The van der Waals surface area contributed by atoms with Crippen LogP contribution < -0.4 is 0 Å². The lowest BCUT2D eigenvalue weighted by Gasteiger charge is -2.19. The van der Waals surface area contributed by atoms with E-state index in [2.05, 4.69) is 131 Å². The Bertz CT molecular complexity index is 2560. The normalized spacial score (nSPS) is 11.3. The maximum absolute atomic E-state index is 5.00. The number of fused-ring (bicyclic) bond motifs is 2. The topological polar surface area (TPSA) is 51.6 Å². The van der Waals surface area contributed by atoms with Gasteiger partial charge in [0.25, 0.3) is 0 Å². The second-order valence-corrected chi connectivity index (χ2v) is 13.3. The van der Waals surface area contributed by atoms with Gasteiger partial charge in [-0.2, -0.15) is 0 Å². The summed E-state index contributed by atoms with van der Waals surface area (Å²) >= 11 is 3.27. The maximum atomic E-state index is 5.00. The summed E-state index contributed by atoms with van der Waals surface area (Å²) in [7, 11) is 0. The largest absolute Gasteiger partial charge is 0.256 e. The number of hydrogen-bond acceptors (Lipinski definition) is 6. The Morgan fingerprint density at radius 3 is 1.50 bits per heavy atom. The van der Waals surface area contributed by atoms with Crippen LogP contribution in [0.15, 0.2) is 157 Å². The van der Waals surface area contributed by atoms with Crippen LogP contribution in [0.5, 0.6) is 0 Å². The van der Waals surface area contributed by atoms with E-state index in [4.69, 9.17) is 9.97 Å². The molecule has 0 unspecified atom stereocenters. The van der Waals surface area contributed by atoms with Crippen molar-refractivity contribution in [1.29, 1.82) is 0 Å². The molecule has 226 valence electrons. The van der Waals surface area contributed by atoms with Crippen LogP contribution in [0.3, 0.4) is 0 Å². The predicted octanol–water partition coefficient (Wildman–Crippen LogP) is 11.7. The van der Waals surface area contributed by atoms with Crippen molar-refractivity contribution in [2.24, 2.45) is 0 Å². The molecular weight excluding hydrogens is 625 g/mol. The molecule has 5 aromatic carbocycles. The van der Waals surface area contributed by atoms with E-state index < -0.39 is 0 Å². The lowest BCUT2D eigenvalue weighted by molar-refractivity contribution is 1.33.